The van der Waals surface area contributed by atoms with Gasteiger partial charge in [0, 0.05) is 22.6 Å². The maximum absolute atomic E-state index is 12.2. The van der Waals surface area contributed by atoms with Crippen LogP contribution in [0.4, 0.5) is 0 Å². The SMILES string of the molecule is C\C1=C(I)/C=C\C=C\C(=O)N(C2CCC(=O)NC2=O)C1. The molecule has 0 saturated carbocycles. The van der Waals surface area contributed by atoms with Gasteiger partial charge in [0.05, 0.1) is 0 Å². The number of nitrogens with one attached hydrogen (secondary N) is 1. The highest BCUT2D eigenvalue weighted by Gasteiger charge is 2.33. The average Bonchev–Trinajstić information content (AvgIpc) is 2.45. The molecular formula is C14H15IN2O3. The van der Waals surface area contributed by atoms with Crippen molar-refractivity contribution in [3.63, 3.8) is 0 Å². The Bertz CT molecular complexity index is 549. The van der Waals surface area contributed by atoms with E-state index in [0.717, 1.165) is 9.15 Å². The van der Waals surface area contributed by atoms with Crippen LogP contribution < -0.4 is 5.32 Å². The minimum atomic E-state index is -0.581. The van der Waals surface area contributed by atoms with E-state index >= 15 is 0 Å². The predicted molar refractivity (Wildman–Crippen MR) is 82.9 cm³/mol. The Kier molecular flexibility index (Phi) is 4.74. The molecule has 1 atom stereocenters. The number of allylic oxidation sites excluding steroid dienone is 4. The molecule has 0 aromatic carbocycles. The van der Waals surface area contributed by atoms with Gasteiger partial charge in [-0.05, 0) is 47.6 Å². The third-order valence-electron chi connectivity index (χ3n) is 3.28. The minimum absolute atomic E-state index is 0.213. The number of hydrogen-bond acceptors (Lipinski definition) is 3. The van der Waals surface area contributed by atoms with E-state index in [9.17, 15) is 14.4 Å². The lowest BCUT2D eigenvalue weighted by Crippen LogP contribution is -2.54. The summed E-state index contributed by atoms with van der Waals surface area (Å²) in [6, 6.07) is -0.581. The van der Waals surface area contributed by atoms with Crippen molar-refractivity contribution in [3.8, 4) is 0 Å². The van der Waals surface area contributed by atoms with E-state index in [0.29, 0.717) is 13.0 Å². The van der Waals surface area contributed by atoms with Crippen LogP contribution in [-0.4, -0.2) is 35.2 Å². The van der Waals surface area contributed by atoms with Gasteiger partial charge in [-0.2, -0.15) is 0 Å². The fourth-order valence-electron chi connectivity index (χ4n) is 2.17. The summed E-state index contributed by atoms with van der Waals surface area (Å²) in [6.45, 7) is 2.32. The highest BCUT2D eigenvalue weighted by Crippen LogP contribution is 2.20. The Morgan fingerprint density at radius 2 is 1.95 bits per heavy atom. The third-order valence-corrected chi connectivity index (χ3v) is 4.56. The van der Waals surface area contributed by atoms with Crippen LogP contribution >= 0.6 is 22.6 Å². The van der Waals surface area contributed by atoms with Gasteiger partial charge in [0.2, 0.25) is 17.7 Å². The molecule has 0 aromatic rings. The molecule has 2 rings (SSSR count). The molecule has 20 heavy (non-hydrogen) atoms. The molecule has 1 saturated heterocycles. The summed E-state index contributed by atoms with van der Waals surface area (Å²) in [4.78, 5) is 36.9. The fourth-order valence-corrected chi connectivity index (χ4v) is 2.55. The topological polar surface area (TPSA) is 66.5 Å². The quantitative estimate of drug-likeness (QED) is 0.548. The van der Waals surface area contributed by atoms with E-state index in [4.69, 9.17) is 0 Å². The number of carbonyl (C=O) groups is 3. The molecule has 3 amide bonds. The second kappa shape index (κ2) is 6.34. The van der Waals surface area contributed by atoms with Gasteiger partial charge in [-0.15, -0.1) is 0 Å². The summed E-state index contributed by atoms with van der Waals surface area (Å²) in [5.41, 5.74) is 1.02. The van der Waals surface area contributed by atoms with Crippen molar-refractivity contribution in [3.05, 3.63) is 33.5 Å². The lowest BCUT2D eigenvalue weighted by molar-refractivity contribution is -0.143. The maximum Gasteiger partial charge on any atom is 0.249 e. The second-order valence-corrected chi connectivity index (χ2v) is 5.94. The lowest BCUT2D eigenvalue weighted by atomic mass is 10.0. The summed E-state index contributed by atoms with van der Waals surface area (Å²) in [7, 11) is 0. The van der Waals surface area contributed by atoms with E-state index in [2.05, 4.69) is 27.9 Å². The first kappa shape index (κ1) is 15.0. The number of imide groups is 1. The van der Waals surface area contributed by atoms with Crippen molar-refractivity contribution in [1.82, 2.24) is 10.2 Å². The smallest absolute Gasteiger partial charge is 0.249 e. The van der Waals surface area contributed by atoms with Crippen LogP contribution in [0.25, 0.3) is 0 Å². The van der Waals surface area contributed by atoms with Crippen LogP contribution in [0.2, 0.25) is 0 Å². The van der Waals surface area contributed by atoms with Crippen LogP contribution in [-0.2, 0) is 14.4 Å². The Balaban J connectivity index is 2.28. The largest absolute Gasteiger partial charge is 0.323 e. The molecule has 0 radical (unpaired) electrons. The van der Waals surface area contributed by atoms with Gasteiger partial charge in [-0.25, -0.2) is 0 Å². The highest BCUT2D eigenvalue weighted by molar-refractivity contribution is 14.1. The molecule has 0 aromatic heterocycles. The van der Waals surface area contributed by atoms with Crippen molar-refractivity contribution in [2.45, 2.75) is 25.8 Å². The van der Waals surface area contributed by atoms with Gasteiger partial charge in [0.15, 0.2) is 0 Å². The van der Waals surface area contributed by atoms with Gasteiger partial charge in [0.25, 0.3) is 0 Å². The molecule has 2 aliphatic heterocycles. The standard InChI is InChI=1S/C14H15IN2O3/c1-9-8-17(11-6-7-12(18)16-14(11)20)13(19)5-3-2-4-10(9)15/h2-5,11H,6-8H2,1H3,(H,16,18,20)/b4-2-,5-3+,10-9-. The first-order valence-electron chi connectivity index (χ1n) is 6.33. The van der Waals surface area contributed by atoms with E-state index in [1.54, 1.807) is 12.2 Å². The first-order valence-corrected chi connectivity index (χ1v) is 7.41. The predicted octanol–water partition coefficient (Wildman–Crippen LogP) is 1.46. The molecular weight excluding hydrogens is 371 g/mol. The number of rotatable bonds is 1. The van der Waals surface area contributed by atoms with Gasteiger partial charge < -0.3 is 4.90 Å². The molecule has 106 valence electrons. The van der Waals surface area contributed by atoms with Crippen molar-refractivity contribution in [2.24, 2.45) is 0 Å². The zero-order valence-electron chi connectivity index (χ0n) is 11.1. The van der Waals surface area contributed by atoms with Crippen molar-refractivity contribution in [2.75, 3.05) is 6.54 Å². The van der Waals surface area contributed by atoms with Gasteiger partial charge in [-0.3, -0.25) is 19.7 Å². The third kappa shape index (κ3) is 3.36. The zero-order chi connectivity index (χ0) is 14.7. The van der Waals surface area contributed by atoms with Crippen LogP contribution in [0.5, 0.6) is 0 Å². The van der Waals surface area contributed by atoms with Crippen molar-refractivity contribution >= 4 is 40.3 Å². The van der Waals surface area contributed by atoms with E-state index in [1.807, 2.05) is 13.0 Å². The molecule has 1 N–H and O–H groups in total. The van der Waals surface area contributed by atoms with Crippen molar-refractivity contribution < 1.29 is 14.4 Å². The average molecular weight is 386 g/mol. The van der Waals surface area contributed by atoms with E-state index < -0.39 is 11.9 Å². The zero-order valence-corrected chi connectivity index (χ0v) is 13.2. The number of hydrogen-bond donors (Lipinski definition) is 1. The molecule has 0 aliphatic carbocycles. The Hall–Kier alpha value is -1.44. The van der Waals surface area contributed by atoms with Gasteiger partial charge >= 0.3 is 0 Å². The second-order valence-electron chi connectivity index (χ2n) is 4.78. The Morgan fingerprint density at radius 3 is 2.65 bits per heavy atom. The Morgan fingerprint density at radius 1 is 1.25 bits per heavy atom. The summed E-state index contributed by atoms with van der Waals surface area (Å²) < 4.78 is 1.04. The molecule has 2 aliphatic rings. The molecule has 0 spiro atoms. The number of carbonyl (C=O) groups excluding carboxylic acids is 3. The molecule has 5 nitrogen and oxygen atoms in total. The van der Waals surface area contributed by atoms with Gasteiger partial charge in [0.1, 0.15) is 6.04 Å². The summed E-state index contributed by atoms with van der Waals surface area (Å²) in [6.07, 6.45) is 7.48. The summed E-state index contributed by atoms with van der Waals surface area (Å²) in [5.74, 6) is -0.880. The van der Waals surface area contributed by atoms with Crippen molar-refractivity contribution in [1.29, 1.82) is 0 Å². The molecule has 1 unspecified atom stereocenters. The van der Waals surface area contributed by atoms with E-state index in [-0.39, 0.29) is 18.2 Å². The monoisotopic (exact) mass is 386 g/mol. The first-order chi connectivity index (χ1) is 9.49. The van der Waals surface area contributed by atoms with E-state index in [1.165, 1.54) is 11.0 Å². The van der Waals surface area contributed by atoms with Crippen LogP contribution in [0.1, 0.15) is 19.8 Å². The maximum atomic E-state index is 12.2. The number of halogens is 1. The molecule has 0 bridgehead atoms. The number of piperidine rings is 1. The fraction of sp³-hybridized carbons (Fsp3) is 0.357. The summed E-state index contributed by atoms with van der Waals surface area (Å²) in [5, 5.41) is 2.30. The normalized spacial score (nSPS) is 31.2. The number of amides is 3. The molecule has 6 heteroatoms. The van der Waals surface area contributed by atoms with Gasteiger partial charge in [-0.1, -0.05) is 12.2 Å². The Labute approximate surface area is 130 Å². The highest BCUT2D eigenvalue weighted by atomic mass is 127. The van der Waals surface area contributed by atoms with Crippen LogP contribution in [0.15, 0.2) is 33.5 Å². The lowest BCUT2D eigenvalue weighted by Gasteiger charge is -2.32. The van der Waals surface area contributed by atoms with Crippen LogP contribution in [0.3, 0.4) is 0 Å². The molecule has 2 heterocycles. The molecule has 1 fully saturated rings. The minimum Gasteiger partial charge on any atom is -0.323 e. The number of nitrogens with zero attached hydrogens (tertiary/aromatic N) is 1. The summed E-state index contributed by atoms with van der Waals surface area (Å²) >= 11 is 2.20. The van der Waals surface area contributed by atoms with Crippen LogP contribution in [0, 0.1) is 0 Å².